The van der Waals surface area contributed by atoms with Crippen LogP contribution in [0, 0.1) is 70.0 Å². The molecule has 0 heterocycles. The first kappa shape index (κ1) is 23.2. The first-order valence-corrected chi connectivity index (χ1v) is 14.1. The lowest BCUT2D eigenvalue weighted by molar-refractivity contribution is -0.127. The predicted molar refractivity (Wildman–Crippen MR) is 131 cm³/mol. The second-order valence-electron chi connectivity index (χ2n) is 14.0. The largest absolute Gasteiger partial charge is 0.0625 e. The van der Waals surface area contributed by atoms with Crippen LogP contribution in [-0.2, 0) is 0 Å². The molecular formula is C30H54. The molecule has 30 heavy (non-hydrogen) atoms. The maximum atomic E-state index is 2.76. The standard InChI is InChI=1S/C30H54/c1-19(2)23(6)21(4)18-22(5)26-13-14-27-24-11-12-25-20(3)10-9-16-29(25,7)28(24)15-17-30(26,27)8/h19-28H,9-18H2,1-8H3/t20-,21+,22-,23+,24+,25+,26-,27+,28+,29+,30-/m1/s1. The highest BCUT2D eigenvalue weighted by Crippen LogP contribution is 2.69. The third kappa shape index (κ3) is 3.63. The molecule has 4 aliphatic rings. The van der Waals surface area contributed by atoms with E-state index >= 15 is 0 Å². The Morgan fingerprint density at radius 1 is 0.733 bits per heavy atom. The fraction of sp³-hybridized carbons (Fsp3) is 1.00. The van der Waals surface area contributed by atoms with E-state index in [1.54, 1.807) is 32.1 Å². The van der Waals surface area contributed by atoms with Crippen molar-refractivity contribution in [3.63, 3.8) is 0 Å². The molecule has 0 aromatic rings. The number of hydrogen-bond acceptors (Lipinski definition) is 0. The Morgan fingerprint density at radius 2 is 1.40 bits per heavy atom. The molecule has 174 valence electrons. The van der Waals surface area contributed by atoms with Gasteiger partial charge >= 0.3 is 0 Å². The molecule has 0 radical (unpaired) electrons. The van der Waals surface area contributed by atoms with Crippen molar-refractivity contribution in [3.05, 3.63) is 0 Å². The molecular weight excluding hydrogens is 360 g/mol. The van der Waals surface area contributed by atoms with E-state index in [1.807, 2.05) is 0 Å². The smallest absolute Gasteiger partial charge is 0.0264 e. The summed E-state index contributed by atoms with van der Waals surface area (Å²) < 4.78 is 0. The highest BCUT2D eigenvalue weighted by Gasteiger charge is 2.60. The lowest BCUT2D eigenvalue weighted by Gasteiger charge is -2.62. The van der Waals surface area contributed by atoms with Gasteiger partial charge in [-0.3, -0.25) is 0 Å². The van der Waals surface area contributed by atoms with Crippen LogP contribution in [0.2, 0.25) is 0 Å². The molecule has 0 heteroatoms. The van der Waals surface area contributed by atoms with Crippen molar-refractivity contribution in [3.8, 4) is 0 Å². The molecule has 0 aromatic heterocycles. The Morgan fingerprint density at radius 3 is 2.10 bits per heavy atom. The van der Waals surface area contributed by atoms with Gasteiger partial charge in [0.2, 0.25) is 0 Å². The van der Waals surface area contributed by atoms with Crippen LogP contribution < -0.4 is 0 Å². The predicted octanol–water partition coefficient (Wildman–Crippen LogP) is 9.24. The van der Waals surface area contributed by atoms with Crippen LogP contribution >= 0.6 is 0 Å². The van der Waals surface area contributed by atoms with Crippen molar-refractivity contribution >= 4 is 0 Å². The minimum Gasteiger partial charge on any atom is -0.0625 e. The summed E-state index contributed by atoms with van der Waals surface area (Å²) in [5.41, 5.74) is 1.32. The van der Waals surface area contributed by atoms with Gasteiger partial charge in [-0.15, -0.1) is 0 Å². The first-order chi connectivity index (χ1) is 14.1. The maximum absolute atomic E-state index is 2.76. The Hall–Kier alpha value is 0. The van der Waals surface area contributed by atoms with Gasteiger partial charge in [0.25, 0.3) is 0 Å². The van der Waals surface area contributed by atoms with E-state index in [9.17, 15) is 0 Å². The van der Waals surface area contributed by atoms with Crippen LogP contribution in [0.4, 0.5) is 0 Å². The lowest BCUT2D eigenvalue weighted by Crippen LogP contribution is -2.54. The van der Waals surface area contributed by atoms with Crippen molar-refractivity contribution in [1.29, 1.82) is 0 Å². The molecule has 0 spiro atoms. The van der Waals surface area contributed by atoms with E-state index in [0.29, 0.717) is 10.8 Å². The highest BCUT2D eigenvalue weighted by molar-refractivity contribution is 5.09. The first-order valence-electron chi connectivity index (χ1n) is 14.1. The average molecular weight is 415 g/mol. The molecule has 4 fully saturated rings. The quantitative estimate of drug-likeness (QED) is 0.420. The average Bonchev–Trinajstić information content (AvgIpc) is 3.04. The Balaban J connectivity index is 1.49. The number of hydrogen-bond donors (Lipinski definition) is 0. The van der Waals surface area contributed by atoms with E-state index in [2.05, 4.69) is 55.4 Å². The Kier molecular flexibility index (Phi) is 6.49. The summed E-state index contributed by atoms with van der Waals surface area (Å²) >= 11 is 0. The zero-order valence-electron chi connectivity index (χ0n) is 21.8. The fourth-order valence-electron chi connectivity index (χ4n) is 10.4. The SMILES string of the molecule is CC(C)[C@H](C)[C@@H](C)C[C@@H](C)[C@H]1CC[C@H]2[C@@H]3CC[C@H]4[C@H](C)CCC[C@]4(C)[C@H]3CC[C@]12C. The van der Waals surface area contributed by atoms with E-state index in [4.69, 9.17) is 0 Å². The van der Waals surface area contributed by atoms with Crippen LogP contribution in [0.15, 0.2) is 0 Å². The van der Waals surface area contributed by atoms with Crippen LogP contribution in [-0.4, -0.2) is 0 Å². The van der Waals surface area contributed by atoms with Gasteiger partial charge in [0.1, 0.15) is 0 Å². The zero-order chi connectivity index (χ0) is 21.8. The topological polar surface area (TPSA) is 0 Å². The highest BCUT2D eigenvalue weighted by atomic mass is 14.7. The van der Waals surface area contributed by atoms with Gasteiger partial charge in [0.15, 0.2) is 0 Å². The normalized spacial score (nSPS) is 49.1. The van der Waals surface area contributed by atoms with Gasteiger partial charge in [-0.2, -0.15) is 0 Å². The number of rotatable bonds is 5. The van der Waals surface area contributed by atoms with E-state index in [-0.39, 0.29) is 0 Å². The van der Waals surface area contributed by atoms with Crippen LogP contribution in [0.1, 0.15) is 120 Å². The second-order valence-corrected chi connectivity index (χ2v) is 14.0. The minimum atomic E-state index is 0.644. The molecule has 4 rings (SSSR count). The van der Waals surface area contributed by atoms with Gasteiger partial charge in [-0.1, -0.05) is 68.2 Å². The molecule has 0 aliphatic heterocycles. The molecule has 4 saturated carbocycles. The van der Waals surface area contributed by atoms with Crippen molar-refractivity contribution in [2.45, 2.75) is 120 Å². The lowest BCUT2D eigenvalue weighted by atomic mass is 9.43. The third-order valence-corrected chi connectivity index (χ3v) is 12.5. The molecule has 4 aliphatic carbocycles. The molecule has 0 saturated heterocycles. The van der Waals surface area contributed by atoms with Gasteiger partial charge in [0, 0.05) is 0 Å². The van der Waals surface area contributed by atoms with Crippen molar-refractivity contribution in [1.82, 2.24) is 0 Å². The molecule has 0 unspecified atom stereocenters. The van der Waals surface area contributed by atoms with Crippen molar-refractivity contribution < 1.29 is 0 Å². The van der Waals surface area contributed by atoms with Gasteiger partial charge in [-0.05, 0) is 121 Å². The Bertz CT molecular complexity index is 591. The van der Waals surface area contributed by atoms with Crippen LogP contribution in [0.25, 0.3) is 0 Å². The van der Waals surface area contributed by atoms with Gasteiger partial charge in [-0.25, -0.2) is 0 Å². The summed E-state index contributed by atoms with van der Waals surface area (Å²) in [6.45, 7) is 20.6. The second kappa shape index (κ2) is 8.41. The third-order valence-electron chi connectivity index (χ3n) is 12.5. The molecule has 0 nitrogen and oxygen atoms in total. The van der Waals surface area contributed by atoms with Crippen LogP contribution in [0.3, 0.4) is 0 Å². The zero-order valence-corrected chi connectivity index (χ0v) is 21.8. The minimum absolute atomic E-state index is 0.644. The molecule has 0 amide bonds. The summed E-state index contributed by atoms with van der Waals surface area (Å²) in [6, 6.07) is 0. The van der Waals surface area contributed by atoms with E-state index in [0.717, 1.165) is 59.2 Å². The molecule has 0 bridgehead atoms. The molecule has 11 atom stereocenters. The van der Waals surface area contributed by atoms with E-state index < -0.39 is 0 Å². The van der Waals surface area contributed by atoms with Crippen molar-refractivity contribution in [2.24, 2.45) is 70.0 Å². The van der Waals surface area contributed by atoms with Gasteiger partial charge in [0.05, 0.1) is 0 Å². The molecule has 0 aromatic carbocycles. The van der Waals surface area contributed by atoms with Gasteiger partial charge < -0.3 is 0 Å². The summed E-state index contributed by atoms with van der Waals surface area (Å²) in [7, 11) is 0. The van der Waals surface area contributed by atoms with E-state index in [1.165, 1.54) is 32.1 Å². The Labute approximate surface area is 189 Å². The summed E-state index contributed by atoms with van der Waals surface area (Å²) in [5.74, 6) is 9.61. The molecule has 0 N–H and O–H groups in total. The summed E-state index contributed by atoms with van der Waals surface area (Å²) in [4.78, 5) is 0. The summed E-state index contributed by atoms with van der Waals surface area (Å²) in [6.07, 6.45) is 15.3. The maximum Gasteiger partial charge on any atom is -0.0264 e. The van der Waals surface area contributed by atoms with Crippen molar-refractivity contribution in [2.75, 3.05) is 0 Å². The van der Waals surface area contributed by atoms with Crippen LogP contribution in [0.5, 0.6) is 0 Å². The number of fused-ring (bicyclic) bond motifs is 5. The summed E-state index contributed by atoms with van der Waals surface area (Å²) in [5, 5.41) is 0. The fourth-order valence-corrected chi connectivity index (χ4v) is 10.4. The monoisotopic (exact) mass is 414 g/mol.